The first-order valence-corrected chi connectivity index (χ1v) is 11.8. The van der Waals surface area contributed by atoms with E-state index in [0.717, 1.165) is 62.4 Å². The van der Waals surface area contributed by atoms with Crippen LogP contribution < -0.4 is 5.32 Å². The van der Waals surface area contributed by atoms with Gasteiger partial charge in [-0.2, -0.15) is 13.2 Å². The van der Waals surface area contributed by atoms with Crippen LogP contribution in [-0.4, -0.2) is 74.3 Å². The fraction of sp³-hybridized carbons (Fsp3) is 0.708. The number of aliphatic imine (C=N–C) groups is 1. The number of halogens is 3. The van der Waals surface area contributed by atoms with E-state index >= 15 is 0 Å². The summed E-state index contributed by atoms with van der Waals surface area (Å²) in [5.41, 5.74) is 2.16. The number of rotatable bonds is 8. The van der Waals surface area contributed by atoms with Gasteiger partial charge in [-0.25, -0.2) is 0 Å². The Kier molecular flexibility index (Phi) is 7.30. The maximum Gasteiger partial charge on any atom is 0.389 e. The number of nitrogens with one attached hydrogen (secondary N) is 1. The van der Waals surface area contributed by atoms with Crippen molar-refractivity contribution in [3.8, 4) is 0 Å². The van der Waals surface area contributed by atoms with E-state index in [4.69, 9.17) is 4.74 Å². The molecule has 3 fully saturated rings. The van der Waals surface area contributed by atoms with Crippen LogP contribution in [0.4, 0.5) is 13.2 Å². The van der Waals surface area contributed by atoms with Gasteiger partial charge in [0.05, 0.1) is 5.71 Å². The third-order valence-electron chi connectivity index (χ3n) is 7.04. The van der Waals surface area contributed by atoms with Crippen LogP contribution in [0.3, 0.4) is 0 Å². The summed E-state index contributed by atoms with van der Waals surface area (Å²) in [6, 6.07) is 0. The molecule has 4 aliphatic heterocycles. The summed E-state index contributed by atoms with van der Waals surface area (Å²) >= 11 is 0. The maximum absolute atomic E-state index is 12.4. The quantitative estimate of drug-likeness (QED) is 0.563. The number of hydrogen-bond donors (Lipinski definition) is 1. The summed E-state index contributed by atoms with van der Waals surface area (Å²) in [6.07, 6.45) is 4.39. The van der Waals surface area contributed by atoms with Gasteiger partial charge in [-0.05, 0) is 44.1 Å². The van der Waals surface area contributed by atoms with Crippen molar-refractivity contribution in [1.29, 1.82) is 0 Å². The highest BCUT2D eigenvalue weighted by molar-refractivity contribution is 6.09. The van der Waals surface area contributed by atoms with Crippen molar-refractivity contribution < 1.29 is 17.9 Å². The number of nitrogens with zero attached hydrogens (tertiary/aromatic N) is 3. The van der Waals surface area contributed by atoms with E-state index in [1.165, 1.54) is 25.8 Å². The van der Waals surface area contributed by atoms with E-state index in [-0.39, 0.29) is 6.42 Å². The molecule has 0 amide bonds. The Balaban J connectivity index is 1.36. The molecular weight excluding hydrogens is 417 g/mol. The van der Waals surface area contributed by atoms with Crippen LogP contribution in [-0.2, 0) is 4.74 Å². The average Bonchev–Trinajstić information content (AvgIpc) is 3.17. The Morgan fingerprint density at radius 1 is 1.22 bits per heavy atom. The van der Waals surface area contributed by atoms with E-state index < -0.39 is 12.6 Å². The van der Waals surface area contributed by atoms with E-state index in [2.05, 4.69) is 26.7 Å². The van der Waals surface area contributed by atoms with Crippen LogP contribution in [0.25, 0.3) is 0 Å². The van der Waals surface area contributed by atoms with Crippen molar-refractivity contribution in [2.24, 2.45) is 16.3 Å². The van der Waals surface area contributed by atoms with Crippen molar-refractivity contribution in [2.75, 3.05) is 52.6 Å². The zero-order valence-corrected chi connectivity index (χ0v) is 18.8. The molecule has 0 aromatic heterocycles. The van der Waals surface area contributed by atoms with Gasteiger partial charge in [-0.15, -0.1) is 6.58 Å². The predicted octanol–water partition coefficient (Wildman–Crippen LogP) is 4.11. The molecule has 3 saturated heterocycles. The molecule has 0 aromatic rings. The van der Waals surface area contributed by atoms with Crippen molar-refractivity contribution in [1.82, 2.24) is 15.1 Å². The summed E-state index contributed by atoms with van der Waals surface area (Å²) < 4.78 is 42.8. The highest BCUT2D eigenvalue weighted by Crippen LogP contribution is 2.42. The second kappa shape index (κ2) is 10.00. The van der Waals surface area contributed by atoms with Crippen LogP contribution in [0.15, 0.2) is 41.2 Å². The van der Waals surface area contributed by atoms with Gasteiger partial charge in [0, 0.05) is 63.3 Å². The fourth-order valence-electron chi connectivity index (χ4n) is 5.48. The lowest BCUT2D eigenvalue weighted by Gasteiger charge is -2.49. The van der Waals surface area contributed by atoms with E-state index in [9.17, 15) is 13.2 Å². The average molecular weight is 453 g/mol. The van der Waals surface area contributed by atoms with Gasteiger partial charge in [0.15, 0.2) is 0 Å². The maximum atomic E-state index is 12.4. The largest absolute Gasteiger partial charge is 0.389 e. The van der Waals surface area contributed by atoms with Gasteiger partial charge >= 0.3 is 6.18 Å². The van der Waals surface area contributed by atoms with Crippen LogP contribution >= 0.6 is 0 Å². The molecule has 4 heterocycles. The minimum atomic E-state index is -4.13. The molecule has 178 valence electrons. The van der Waals surface area contributed by atoms with Crippen LogP contribution in [0.2, 0.25) is 0 Å². The van der Waals surface area contributed by atoms with Crippen molar-refractivity contribution in [3.05, 3.63) is 36.2 Å². The molecule has 5 nitrogen and oxygen atoms in total. The first-order valence-electron chi connectivity index (χ1n) is 11.8. The monoisotopic (exact) mass is 452 g/mol. The van der Waals surface area contributed by atoms with Crippen molar-refractivity contribution >= 4 is 5.71 Å². The number of likely N-dealkylation sites (tertiary alicyclic amines) is 2. The SMILES string of the molecule is C=CCC1=C(N2CCC3(CN(CC4CCOCC4)C3)C2)NCN=C1/C=C\CCC(F)(F)F. The number of alkyl halides is 3. The lowest BCUT2D eigenvalue weighted by molar-refractivity contribution is -0.133. The summed E-state index contributed by atoms with van der Waals surface area (Å²) in [5.74, 6) is 1.85. The molecule has 1 N–H and O–H groups in total. The highest BCUT2D eigenvalue weighted by atomic mass is 19.4. The van der Waals surface area contributed by atoms with Crippen LogP contribution in [0, 0.1) is 11.3 Å². The molecule has 0 radical (unpaired) electrons. The second-order valence-corrected chi connectivity index (χ2v) is 9.65. The molecular formula is C24H35F3N4O. The van der Waals surface area contributed by atoms with Gasteiger partial charge in [-0.3, -0.25) is 4.99 Å². The van der Waals surface area contributed by atoms with Crippen molar-refractivity contribution in [3.63, 3.8) is 0 Å². The minimum Gasteiger partial charge on any atom is -0.381 e. The zero-order chi connectivity index (χ0) is 22.6. The lowest BCUT2D eigenvalue weighted by atomic mass is 9.78. The normalized spacial score (nSPS) is 24.7. The van der Waals surface area contributed by atoms with Gasteiger partial charge in [0.1, 0.15) is 12.5 Å². The Hall–Kier alpha value is -1.80. The standard InChI is InChI=1S/C24H35F3N4O/c1-2-5-20-21(6-3-4-9-24(25,26)27)28-18-29-22(20)31-11-10-23(17-31)15-30(16-23)14-19-7-12-32-13-8-19/h2-3,6,19,29H,1,4-5,7-18H2/b6-3-. The molecule has 0 atom stereocenters. The molecule has 0 saturated carbocycles. The molecule has 0 unspecified atom stereocenters. The number of allylic oxidation sites excluding steroid dienone is 4. The lowest BCUT2D eigenvalue weighted by Crippen LogP contribution is -2.58. The van der Waals surface area contributed by atoms with Crippen LogP contribution in [0.5, 0.6) is 0 Å². The first kappa shape index (κ1) is 23.4. The zero-order valence-electron chi connectivity index (χ0n) is 18.8. The molecule has 1 spiro atoms. The summed E-state index contributed by atoms with van der Waals surface area (Å²) in [7, 11) is 0. The number of ether oxygens (including phenoxy) is 1. The molecule has 8 heteroatoms. The summed E-state index contributed by atoms with van der Waals surface area (Å²) in [6.45, 7) is 11.6. The highest BCUT2D eigenvalue weighted by Gasteiger charge is 2.48. The molecule has 0 bridgehead atoms. The Labute approximate surface area is 189 Å². The number of hydrogen-bond acceptors (Lipinski definition) is 5. The first-order chi connectivity index (χ1) is 15.4. The molecule has 0 aromatic carbocycles. The Bertz CT molecular complexity index is 762. The fourth-order valence-corrected chi connectivity index (χ4v) is 5.48. The van der Waals surface area contributed by atoms with Gasteiger partial charge in [-0.1, -0.05) is 12.2 Å². The molecule has 0 aliphatic carbocycles. The third-order valence-corrected chi connectivity index (χ3v) is 7.04. The van der Waals surface area contributed by atoms with E-state index in [1.54, 1.807) is 12.2 Å². The smallest absolute Gasteiger partial charge is 0.381 e. The van der Waals surface area contributed by atoms with Gasteiger partial charge in [0.2, 0.25) is 0 Å². The summed E-state index contributed by atoms with van der Waals surface area (Å²) in [5, 5.41) is 3.43. The summed E-state index contributed by atoms with van der Waals surface area (Å²) in [4.78, 5) is 9.54. The Morgan fingerprint density at radius 2 is 2.00 bits per heavy atom. The second-order valence-electron chi connectivity index (χ2n) is 9.65. The minimum absolute atomic E-state index is 0.0254. The Morgan fingerprint density at radius 3 is 2.72 bits per heavy atom. The molecule has 4 aliphatic rings. The topological polar surface area (TPSA) is 40.1 Å². The molecule has 32 heavy (non-hydrogen) atoms. The van der Waals surface area contributed by atoms with Crippen molar-refractivity contribution in [2.45, 2.75) is 44.7 Å². The third kappa shape index (κ3) is 5.76. The van der Waals surface area contributed by atoms with Crippen LogP contribution in [0.1, 0.15) is 38.5 Å². The van der Waals surface area contributed by atoms with E-state index in [0.29, 0.717) is 18.5 Å². The molecule has 4 rings (SSSR count). The van der Waals surface area contributed by atoms with Gasteiger partial charge < -0.3 is 19.9 Å². The van der Waals surface area contributed by atoms with Gasteiger partial charge in [0.25, 0.3) is 0 Å². The predicted molar refractivity (Wildman–Crippen MR) is 120 cm³/mol. The van der Waals surface area contributed by atoms with E-state index in [1.807, 2.05) is 6.08 Å².